The fraction of sp³-hybridized carbons (Fsp3) is 0.242. The van der Waals surface area contributed by atoms with E-state index in [2.05, 4.69) is 30.5 Å². The second-order valence-electron chi connectivity index (χ2n) is 11.1. The van der Waals surface area contributed by atoms with Gasteiger partial charge in [-0.25, -0.2) is 9.37 Å². The number of carbonyl (C=O) groups is 1. The predicted octanol–water partition coefficient (Wildman–Crippen LogP) is 7.29. The number of nitrogens with zero attached hydrogens (tertiary/aromatic N) is 4. The number of nitrogens with one attached hydrogen (secondary N) is 3. The van der Waals surface area contributed by atoms with Crippen LogP contribution in [0.5, 0.6) is 5.75 Å². The molecule has 2 aromatic carbocycles. The molecule has 1 fully saturated rings. The normalized spacial score (nSPS) is 13.9. The molecule has 0 saturated heterocycles. The van der Waals surface area contributed by atoms with E-state index in [0.717, 1.165) is 40.4 Å². The van der Waals surface area contributed by atoms with Crippen molar-refractivity contribution in [2.24, 2.45) is 5.92 Å². The molecule has 0 bridgehead atoms. The highest BCUT2D eigenvalue weighted by atomic mass is 19.1. The van der Waals surface area contributed by atoms with Crippen LogP contribution in [0, 0.1) is 11.7 Å². The Morgan fingerprint density at radius 1 is 1.02 bits per heavy atom. The number of imidazole rings is 1. The Bertz CT molecular complexity index is 1960. The smallest absolute Gasteiger partial charge is 0.224 e. The van der Waals surface area contributed by atoms with Crippen molar-refractivity contribution in [3.05, 3.63) is 72.9 Å². The number of hydrogen-bond donors (Lipinski definition) is 3. The zero-order chi connectivity index (χ0) is 29.3. The van der Waals surface area contributed by atoms with Crippen molar-refractivity contribution < 1.29 is 13.9 Å². The van der Waals surface area contributed by atoms with Crippen molar-refractivity contribution in [1.82, 2.24) is 30.1 Å². The van der Waals surface area contributed by atoms with E-state index in [4.69, 9.17) is 9.72 Å². The van der Waals surface area contributed by atoms with Gasteiger partial charge >= 0.3 is 0 Å². The molecule has 216 valence electrons. The van der Waals surface area contributed by atoms with Crippen LogP contribution in [-0.2, 0) is 4.79 Å². The molecular formula is C33H30FN7O2. The van der Waals surface area contributed by atoms with Crippen molar-refractivity contribution in [1.29, 1.82) is 0 Å². The first-order chi connectivity index (χ1) is 21.0. The van der Waals surface area contributed by atoms with Crippen LogP contribution in [0.1, 0.15) is 38.5 Å². The third kappa shape index (κ3) is 5.43. The topological polar surface area (TPSA) is 121 Å². The summed E-state index contributed by atoms with van der Waals surface area (Å²) in [5.41, 5.74) is 6.41. The summed E-state index contributed by atoms with van der Waals surface area (Å²) in [5.74, 6) is 1.09. The van der Waals surface area contributed by atoms with Crippen LogP contribution in [0.4, 0.5) is 10.1 Å². The third-order valence-corrected chi connectivity index (χ3v) is 8.12. The van der Waals surface area contributed by atoms with E-state index in [9.17, 15) is 9.18 Å². The third-order valence-electron chi connectivity index (χ3n) is 8.12. The number of aromatic amines is 2. The average molecular weight is 576 g/mol. The number of pyridine rings is 2. The predicted molar refractivity (Wildman–Crippen MR) is 164 cm³/mol. The molecule has 9 nitrogen and oxygen atoms in total. The summed E-state index contributed by atoms with van der Waals surface area (Å²) in [6.45, 7) is 0. The van der Waals surface area contributed by atoms with Gasteiger partial charge in [-0.3, -0.25) is 19.9 Å². The van der Waals surface area contributed by atoms with E-state index in [1.165, 1.54) is 38.5 Å². The van der Waals surface area contributed by atoms with Gasteiger partial charge in [0.25, 0.3) is 0 Å². The van der Waals surface area contributed by atoms with Crippen LogP contribution in [0.25, 0.3) is 55.8 Å². The van der Waals surface area contributed by atoms with Crippen molar-refractivity contribution in [2.45, 2.75) is 38.5 Å². The van der Waals surface area contributed by atoms with E-state index in [0.29, 0.717) is 52.1 Å². The summed E-state index contributed by atoms with van der Waals surface area (Å²) in [7, 11) is 1.51. The van der Waals surface area contributed by atoms with Gasteiger partial charge in [0.15, 0.2) is 5.82 Å². The highest BCUT2D eigenvalue weighted by Crippen LogP contribution is 2.34. The average Bonchev–Trinajstić information content (AvgIpc) is 3.65. The maximum absolute atomic E-state index is 14.3. The van der Waals surface area contributed by atoms with Gasteiger partial charge in [-0.05, 0) is 54.7 Å². The van der Waals surface area contributed by atoms with Gasteiger partial charge in [0.05, 0.1) is 47.4 Å². The Hall–Kier alpha value is -5.12. The highest BCUT2D eigenvalue weighted by molar-refractivity contribution is 5.98. The number of rotatable bonds is 7. The molecule has 1 aliphatic rings. The molecule has 43 heavy (non-hydrogen) atoms. The molecule has 1 amide bonds. The number of amides is 1. The van der Waals surface area contributed by atoms with Crippen molar-refractivity contribution in [2.75, 3.05) is 12.4 Å². The molecule has 4 aromatic heterocycles. The van der Waals surface area contributed by atoms with Crippen LogP contribution >= 0.6 is 0 Å². The molecule has 0 aliphatic heterocycles. The molecule has 6 aromatic rings. The minimum atomic E-state index is -0.386. The molecule has 0 radical (unpaired) electrons. The highest BCUT2D eigenvalue weighted by Gasteiger charge is 2.19. The number of para-hydroxylation sites is 1. The number of carbonyl (C=O) groups excluding carboxylic acids is 1. The largest absolute Gasteiger partial charge is 0.497 e. The number of hydrogen-bond acceptors (Lipinski definition) is 6. The van der Waals surface area contributed by atoms with Gasteiger partial charge in [-0.15, -0.1) is 0 Å². The van der Waals surface area contributed by atoms with Crippen molar-refractivity contribution >= 4 is 33.5 Å². The Kier molecular flexibility index (Phi) is 7.02. The summed E-state index contributed by atoms with van der Waals surface area (Å²) in [6, 6.07) is 14.1. The first-order valence-corrected chi connectivity index (χ1v) is 14.5. The van der Waals surface area contributed by atoms with E-state index >= 15 is 0 Å². The minimum Gasteiger partial charge on any atom is -0.497 e. The standard InChI is InChI=1S/C33H30FN7O2/c1-43-24-13-20(11-22(34)14-24)25-8-5-9-27-31(25)39-33(38-27)32-26-15-28(36-18-29(26)40-41-32)21-12-23(17-35-16-21)37-30(42)10-19-6-3-2-4-7-19/h5,8-9,11-19H,2-4,6-7,10H2,1H3,(H,37,42)(H,38,39)(H,40,41). The van der Waals surface area contributed by atoms with Gasteiger partial charge in [0, 0.05) is 35.2 Å². The van der Waals surface area contributed by atoms with Gasteiger partial charge in [-0.2, -0.15) is 5.10 Å². The summed E-state index contributed by atoms with van der Waals surface area (Å²) >= 11 is 0. The Morgan fingerprint density at radius 3 is 2.77 bits per heavy atom. The lowest BCUT2D eigenvalue weighted by Gasteiger charge is -2.20. The second kappa shape index (κ2) is 11.3. The molecule has 3 N–H and O–H groups in total. The lowest BCUT2D eigenvalue weighted by atomic mass is 9.87. The fourth-order valence-corrected chi connectivity index (χ4v) is 5.98. The lowest BCUT2D eigenvalue weighted by molar-refractivity contribution is -0.117. The molecular weight excluding hydrogens is 545 g/mol. The van der Waals surface area contributed by atoms with E-state index in [-0.39, 0.29) is 11.7 Å². The number of fused-ring (bicyclic) bond motifs is 2. The summed E-state index contributed by atoms with van der Waals surface area (Å²) in [6.07, 6.45) is 11.6. The molecule has 7 rings (SSSR count). The number of methoxy groups -OCH3 is 1. The Morgan fingerprint density at radius 2 is 1.91 bits per heavy atom. The number of aromatic nitrogens is 6. The van der Waals surface area contributed by atoms with Gasteiger partial charge < -0.3 is 15.0 Å². The molecule has 1 saturated carbocycles. The van der Waals surface area contributed by atoms with Gasteiger partial charge in [0.1, 0.15) is 17.3 Å². The molecule has 0 spiro atoms. The molecule has 0 atom stereocenters. The first-order valence-electron chi connectivity index (χ1n) is 14.5. The maximum Gasteiger partial charge on any atom is 0.224 e. The summed E-state index contributed by atoms with van der Waals surface area (Å²) in [4.78, 5) is 29.9. The molecule has 0 unspecified atom stereocenters. The number of benzene rings is 2. The van der Waals surface area contributed by atoms with E-state index < -0.39 is 0 Å². The SMILES string of the molecule is COc1cc(F)cc(-c2cccc3[nH]c(-c4n[nH]c5cnc(-c6cncc(NC(=O)CC7CCCCC7)c6)cc45)nc23)c1. The molecule has 4 heterocycles. The van der Waals surface area contributed by atoms with Crippen LogP contribution in [0.2, 0.25) is 0 Å². The van der Waals surface area contributed by atoms with Crippen molar-refractivity contribution in [3.63, 3.8) is 0 Å². The van der Waals surface area contributed by atoms with Crippen molar-refractivity contribution in [3.8, 4) is 39.7 Å². The monoisotopic (exact) mass is 575 g/mol. The Labute approximate surface area is 247 Å². The van der Waals surface area contributed by atoms with Gasteiger partial charge in [-0.1, -0.05) is 31.4 Å². The number of anilines is 1. The molecule has 1 aliphatic carbocycles. The Balaban J connectivity index is 1.20. The number of ether oxygens (including phenoxy) is 1. The van der Waals surface area contributed by atoms with E-state index in [1.807, 2.05) is 30.3 Å². The van der Waals surface area contributed by atoms with Crippen LogP contribution in [0.15, 0.2) is 67.1 Å². The molecule has 10 heteroatoms. The zero-order valence-electron chi connectivity index (χ0n) is 23.7. The van der Waals surface area contributed by atoms with Crippen LogP contribution in [-0.4, -0.2) is 43.2 Å². The fourth-order valence-electron chi connectivity index (χ4n) is 5.98. The maximum atomic E-state index is 14.3. The van der Waals surface area contributed by atoms with Crippen LogP contribution in [0.3, 0.4) is 0 Å². The van der Waals surface area contributed by atoms with Crippen LogP contribution < -0.4 is 10.1 Å². The second-order valence-corrected chi connectivity index (χ2v) is 11.1. The minimum absolute atomic E-state index is 0.0207. The van der Waals surface area contributed by atoms with Gasteiger partial charge in [0.2, 0.25) is 5.91 Å². The lowest BCUT2D eigenvalue weighted by Crippen LogP contribution is -2.18. The summed E-state index contributed by atoms with van der Waals surface area (Å²) in [5, 5.41) is 11.4. The number of halogens is 1. The quantitative estimate of drug-likeness (QED) is 0.184. The van der Waals surface area contributed by atoms with E-state index in [1.54, 1.807) is 24.7 Å². The number of H-pyrrole nitrogens is 2. The zero-order valence-corrected chi connectivity index (χ0v) is 23.7. The summed E-state index contributed by atoms with van der Waals surface area (Å²) < 4.78 is 19.6. The first kappa shape index (κ1) is 26.8.